The minimum atomic E-state index is -0.172. The largest absolute Gasteiger partial charge is 0.492 e. The van der Waals surface area contributed by atoms with Crippen molar-refractivity contribution >= 4 is 34.6 Å². The van der Waals surface area contributed by atoms with Crippen molar-refractivity contribution in [2.45, 2.75) is 27.2 Å². The van der Waals surface area contributed by atoms with E-state index >= 15 is 0 Å². The van der Waals surface area contributed by atoms with E-state index in [1.807, 2.05) is 13.8 Å². The highest BCUT2D eigenvalue weighted by Crippen LogP contribution is 2.36. The minimum absolute atomic E-state index is 0.172. The van der Waals surface area contributed by atoms with Gasteiger partial charge in [0, 0.05) is 32.0 Å². The van der Waals surface area contributed by atoms with E-state index in [1.54, 1.807) is 12.1 Å². The fourth-order valence-electron chi connectivity index (χ4n) is 2.31. The van der Waals surface area contributed by atoms with Gasteiger partial charge in [0.1, 0.15) is 11.5 Å². The fraction of sp³-hybridized carbons (Fsp3) is 0.556. The van der Waals surface area contributed by atoms with Crippen molar-refractivity contribution in [3.8, 4) is 11.5 Å². The Labute approximate surface area is 161 Å². The highest BCUT2D eigenvalue weighted by Gasteiger charge is 2.14. The first-order valence-corrected chi connectivity index (χ1v) is 9.33. The number of ether oxygens (including phenoxy) is 2. The van der Waals surface area contributed by atoms with E-state index < -0.39 is 0 Å². The zero-order valence-electron chi connectivity index (χ0n) is 16.3. The van der Waals surface area contributed by atoms with Crippen molar-refractivity contribution in [3.05, 3.63) is 12.1 Å². The summed E-state index contributed by atoms with van der Waals surface area (Å²) in [4.78, 5) is 12.8. The minimum Gasteiger partial charge on any atom is -0.492 e. The third-order valence-corrected chi connectivity index (χ3v) is 3.63. The van der Waals surface area contributed by atoms with Crippen LogP contribution in [0.3, 0.4) is 0 Å². The Balaban J connectivity index is 2.91. The lowest BCUT2D eigenvalue weighted by Crippen LogP contribution is -3.05. The lowest BCUT2D eigenvalue weighted by Gasteiger charge is -2.18. The standard InChI is InChI=1S/C18H30N4O3S/c1-6-24-16-12-15(21-18(26)19-9-8-10-22(4)5)17(25-7-2)11-14(16)20-13(3)23/h11-12H,6-10H2,1-5H3,(H,20,23)(H2,19,21,26)/p+1. The molecular weight excluding hydrogens is 352 g/mol. The van der Waals surface area contributed by atoms with Gasteiger partial charge >= 0.3 is 0 Å². The van der Waals surface area contributed by atoms with Gasteiger partial charge in [-0.2, -0.15) is 0 Å². The molecule has 0 saturated carbocycles. The van der Waals surface area contributed by atoms with E-state index in [0.717, 1.165) is 19.5 Å². The normalized spacial score (nSPS) is 10.4. The molecule has 146 valence electrons. The maximum Gasteiger partial charge on any atom is 0.221 e. The zero-order chi connectivity index (χ0) is 19.5. The maximum atomic E-state index is 11.4. The fourth-order valence-corrected chi connectivity index (χ4v) is 2.52. The zero-order valence-corrected chi connectivity index (χ0v) is 17.1. The van der Waals surface area contributed by atoms with Gasteiger partial charge in [-0.05, 0) is 26.1 Å². The maximum absolute atomic E-state index is 11.4. The van der Waals surface area contributed by atoms with Crippen LogP contribution in [0.15, 0.2) is 12.1 Å². The number of thiocarbonyl (C=S) groups is 1. The van der Waals surface area contributed by atoms with E-state index in [1.165, 1.54) is 11.8 Å². The van der Waals surface area contributed by atoms with Crippen LogP contribution < -0.4 is 30.3 Å². The number of nitrogens with one attached hydrogen (secondary N) is 4. The Morgan fingerprint density at radius 1 is 1.08 bits per heavy atom. The Hall–Kier alpha value is -2.06. The van der Waals surface area contributed by atoms with Crippen LogP contribution in [0.2, 0.25) is 0 Å². The van der Waals surface area contributed by atoms with Gasteiger partial charge in [0.25, 0.3) is 0 Å². The van der Waals surface area contributed by atoms with Gasteiger partial charge in [0.15, 0.2) is 5.11 Å². The molecule has 0 spiro atoms. The molecular formula is C18H31N4O3S+. The molecule has 0 aromatic heterocycles. The average Bonchev–Trinajstić information content (AvgIpc) is 2.55. The molecule has 1 rings (SSSR count). The molecule has 8 heteroatoms. The van der Waals surface area contributed by atoms with Crippen LogP contribution >= 0.6 is 12.2 Å². The summed E-state index contributed by atoms with van der Waals surface area (Å²) in [6, 6.07) is 3.54. The van der Waals surface area contributed by atoms with Crippen LogP contribution in [-0.2, 0) is 4.79 Å². The molecule has 0 aliphatic rings. The van der Waals surface area contributed by atoms with E-state index in [4.69, 9.17) is 21.7 Å². The molecule has 0 atom stereocenters. The number of carbonyl (C=O) groups excluding carboxylic acids is 1. The van der Waals surface area contributed by atoms with E-state index in [9.17, 15) is 4.79 Å². The van der Waals surface area contributed by atoms with E-state index in [0.29, 0.717) is 41.2 Å². The number of carbonyl (C=O) groups is 1. The smallest absolute Gasteiger partial charge is 0.221 e. The third-order valence-electron chi connectivity index (χ3n) is 3.38. The summed E-state index contributed by atoms with van der Waals surface area (Å²) in [5.41, 5.74) is 1.27. The summed E-state index contributed by atoms with van der Waals surface area (Å²) < 4.78 is 11.3. The average molecular weight is 384 g/mol. The van der Waals surface area contributed by atoms with Crippen LogP contribution in [0.25, 0.3) is 0 Å². The first-order valence-electron chi connectivity index (χ1n) is 8.92. The van der Waals surface area contributed by atoms with Crippen molar-refractivity contribution in [3.63, 3.8) is 0 Å². The van der Waals surface area contributed by atoms with Gasteiger partial charge < -0.3 is 30.3 Å². The summed E-state index contributed by atoms with van der Waals surface area (Å²) in [5, 5.41) is 9.64. The second-order valence-electron chi connectivity index (χ2n) is 6.08. The predicted octanol–water partition coefficient (Wildman–Crippen LogP) is 1.26. The second-order valence-corrected chi connectivity index (χ2v) is 6.49. The van der Waals surface area contributed by atoms with Gasteiger partial charge in [0.2, 0.25) is 5.91 Å². The Bertz CT molecular complexity index is 608. The van der Waals surface area contributed by atoms with E-state index in [2.05, 4.69) is 30.0 Å². The number of anilines is 2. The van der Waals surface area contributed by atoms with Crippen LogP contribution in [0.5, 0.6) is 11.5 Å². The molecule has 1 aromatic rings. The number of quaternary nitrogens is 1. The highest BCUT2D eigenvalue weighted by molar-refractivity contribution is 7.80. The van der Waals surface area contributed by atoms with Gasteiger partial charge in [0.05, 0.1) is 45.2 Å². The lowest BCUT2D eigenvalue weighted by atomic mass is 10.2. The number of benzene rings is 1. The molecule has 0 aliphatic carbocycles. The molecule has 1 amide bonds. The predicted molar refractivity (Wildman–Crippen MR) is 110 cm³/mol. The lowest BCUT2D eigenvalue weighted by molar-refractivity contribution is -0.858. The molecule has 0 bridgehead atoms. The number of rotatable bonds is 10. The summed E-state index contributed by atoms with van der Waals surface area (Å²) in [7, 11) is 4.24. The van der Waals surface area contributed by atoms with Crippen molar-refractivity contribution < 1.29 is 19.2 Å². The molecule has 0 heterocycles. The van der Waals surface area contributed by atoms with Crippen LogP contribution in [-0.4, -0.2) is 51.4 Å². The topological polar surface area (TPSA) is 76.1 Å². The first kappa shape index (κ1) is 22.0. The molecule has 1 aromatic carbocycles. The molecule has 0 unspecified atom stereocenters. The van der Waals surface area contributed by atoms with Crippen LogP contribution in [0.1, 0.15) is 27.2 Å². The SMILES string of the molecule is CCOc1cc(NC(=S)NCCC[NH+](C)C)c(OCC)cc1NC(C)=O. The summed E-state index contributed by atoms with van der Waals surface area (Å²) >= 11 is 5.37. The molecule has 0 radical (unpaired) electrons. The summed E-state index contributed by atoms with van der Waals surface area (Å²) in [5.74, 6) is 0.989. The number of hydrogen-bond donors (Lipinski definition) is 4. The molecule has 0 saturated heterocycles. The second kappa shape index (κ2) is 11.5. The van der Waals surface area contributed by atoms with E-state index in [-0.39, 0.29) is 5.91 Å². The van der Waals surface area contributed by atoms with Crippen LogP contribution in [0, 0.1) is 0 Å². The van der Waals surface area contributed by atoms with Crippen molar-refractivity contribution in [1.29, 1.82) is 0 Å². The van der Waals surface area contributed by atoms with Gasteiger partial charge in [-0.25, -0.2) is 0 Å². The molecule has 0 aliphatic heterocycles. The van der Waals surface area contributed by atoms with Crippen molar-refractivity contribution in [1.82, 2.24) is 5.32 Å². The van der Waals surface area contributed by atoms with Gasteiger partial charge in [-0.3, -0.25) is 4.79 Å². The van der Waals surface area contributed by atoms with Crippen molar-refractivity contribution in [2.24, 2.45) is 0 Å². The first-order chi connectivity index (χ1) is 12.4. The number of amides is 1. The summed E-state index contributed by atoms with van der Waals surface area (Å²) in [6.45, 7) is 8.09. The molecule has 4 N–H and O–H groups in total. The highest BCUT2D eigenvalue weighted by atomic mass is 32.1. The Morgan fingerprint density at radius 2 is 1.62 bits per heavy atom. The van der Waals surface area contributed by atoms with Crippen molar-refractivity contribution in [2.75, 3.05) is 51.0 Å². The molecule has 26 heavy (non-hydrogen) atoms. The van der Waals surface area contributed by atoms with Crippen LogP contribution in [0.4, 0.5) is 11.4 Å². The number of hydrogen-bond acceptors (Lipinski definition) is 4. The summed E-state index contributed by atoms with van der Waals surface area (Å²) in [6.07, 6.45) is 1.02. The Kier molecular flexibility index (Phi) is 9.75. The molecule has 0 fully saturated rings. The van der Waals surface area contributed by atoms with Gasteiger partial charge in [-0.1, -0.05) is 0 Å². The monoisotopic (exact) mass is 383 g/mol. The Morgan fingerprint density at radius 3 is 2.08 bits per heavy atom. The van der Waals surface area contributed by atoms with Gasteiger partial charge in [-0.15, -0.1) is 0 Å². The third kappa shape index (κ3) is 7.88. The quantitative estimate of drug-likeness (QED) is 0.360. The molecule has 7 nitrogen and oxygen atoms in total.